The summed E-state index contributed by atoms with van der Waals surface area (Å²) in [5, 5.41) is 23.0. The fourth-order valence-corrected chi connectivity index (χ4v) is 9.08. The molecule has 0 aliphatic carbocycles. The van der Waals surface area contributed by atoms with E-state index in [1.807, 2.05) is 6.08 Å². The molecule has 6 heteroatoms. The number of carbonyl (C=O) groups excluding carboxylic acids is 2. The summed E-state index contributed by atoms with van der Waals surface area (Å²) in [5.41, 5.74) is 0. The van der Waals surface area contributed by atoms with Crippen LogP contribution in [0.4, 0.5) is 0 Å². The number of hydrogen-bond donors (Lipinski definition) is 3. The second kappa shape index (κ2) is 56.7. The van der Waals surface area contributed by atoms with Crippen LogP contribution in [0.15, 0.2) is 36.5 Å². The maximum atomic E-state index is 12.4. The van der Waals surface area contributed by atoms with Gasteiger partial charge in [-0.15, -0.1) is 0 Å². The van der Waals surface area contributed by atoms with E-state index in [9.17, 15) is 19.8 Å². The van der Waals surface area contributed by atoms with Crippen LogP contribution in [-0.2, 0) is 14.3 Å². The first-order chi connectivity index (χ1) is 33.0. The smallest absolute Gasteiger partial charge is 0.305 e. The van der Waals surface area contributed by atoms with Crippen molar-refractivity contribution < 1.29 is 24.5 Å². The lowest BCUT2D eigenvalue weighted by Gasteiger charge is -2.20. The Morgan fingerprint density at radius 2 is 0.746 bits per heavy atom. The number of rotatable bonds is 55. The van der Waals surface area contributed by atoms with Crippen LogP contribution in [0.25, 0.3) is 0 Å². The van der Waals surface area contributed by atoms with Gasteiger partial charge in [-0.2, -0.15) is 0 Å². The minimum absolute atomic E-state index is 0.00508. The number of nitrogens with one attached hydrogen (secondary N) is 1. The third kappa shape index (κ3) is 53.3. The van der Waals surface area contributed by atoms with Gasteiger partial charge in [-0.05, 0) is 64.2 Å². The van der Waals surface area contributed by atoms with E-state index >= 15 is 0 Å². The molecule has 0 aliphatic heterocycles. The first-order valence-electron chi connectivity index (χ1n) is 29.8. The second-order valence-corrected chi connectivity index (χ2v) is 20.3. The van der Waals surface area contributed by atoms with Crippen LogP contribution in [-0.4, -0.2) is 47.4 Å². The largest absolute Gasteiger partial charge is 0.466 e. The Hall–Kier alpha value is -1.92. The molecule has 0 aromatic carbocycles. The molecule has 0 rings (SSSR count). The number of carbonyl (C=O) groups is 2. The highest BCUT2D eigenvalue weighted by atomic mass is 16.5. The maximum Gasteiger partial charge on any atom is 0.305 e. The number of aliphatic hydroxyl groups excluding tert-OH is 2. The lowest BCUT2D eigenvalue weighted by molar-refractivity contribution is -0.143. The summed E-state index contributed by atoms with van der Waals surface area (Å²) in [5.74, 6) is -0.0649. The molecule has 3 N–H and O–H groups in total. The molecule has 1 amide bonds. The van der Waals surface area contributed by atoms with Crippen LogP contribution in [0.2, 0.25) is 0 Å². The summed E-state index contributed by atoms with van der Waals surface area (Å²) in [6.45, 7) is 4.87. The molecule has 6 nitrogen and oxygen atoms in total. The van der Waals surface area contributed by atoms with E-state index < -0.39 is 12.1 Å². The summed E-state index contributed by atoms with van der Waals surface area (Å²) in [4.78, 5) is 24.5. The molecule has 0 saturated heterocycles. The SMILES string of the molecule is CCCCCC/C=C\C/C=C\CCCCCCCCCC(=O)OCCCCCCCCCCCCCCCCCCCCCCCCC(=O)NC(CO)C(O)/C=C/CCCCCCCCCC. The normalized spacial score (nSPS) is 12.8. The first kappa shape index (κ1) is 65.1. The average Bonchev–Trinajstić information content (AvgIpc) is 3.33. The Labute approximate surface area is 417 Å². The first-order valence-corrected chi connectivity index (χ1v) is 29.8. The zero-order chi connectivity index (χ0) is 48.6. The number of hydrogen-bond acceptors (Lipinski definition) is 5. The summed E-state index contributed by atoms with van der Waals surface area (Å²) in [6, 6.07) is -0.626. The Morgan fingerprint density at radius 3 is 1.15 bits per heavy atom. The van der Waals surface area contributed by atoms with Gasteiger partial charge < -0.3 is 20.3 Å². The van der Waals surface area contributed by atoms with Crippen molar-refractivity contribution in [3.8, 4) is 0 Å². The highest BCUT2D eigenvalue weighted by Crippen LogP contribution is 2.17. The second-order valence-electron chi connectivity index (χ2n) is 20.3. The van der Waals surface area contributed by atoms with Crippen molar-refractivity contribution >= 4 is 11.9 Å². The third-order valence-electron chi connectivity index (χ3n) is 13.7. The van der Waals surface area contributed by atoms with Gasteiger partial charge in [0.2, 0.25) is 5.91 Å². The summed E-state index contributed by atoms with van der Waals surface area (Å²) in [7, 11) is 0. The monoisotopic (exact) mass is 942 g/mol. The van der Waals surface area contributed by atoms with Crippen molar-refractivity contribution in [1.29, 1.82) is 0 Å². The van der Waals surface area contributed by atoms with Gasteiger partial charge in [0.1, 0.15) is 0 Å². The molecular formula is C61H115NO5. The molecule has 0 bridgehead atoms. The van der Waals surface area contributed by atoms with Crippen LogP contribution in [0, 0.1) is 0 Å². The number of esters is 1. The maximum absolute atomic E-state index is 12.4. The molecule has 0 heterocycles. The van der Waals surface area contributed by atoms with Crippen molar-refractivity contribution in [2.75, 3.05) is 13.2 Å². The van der Waals surface area contributed by atoms with E-state index in [1.54, 1.807) is 6.08 Å². The van der Waals surface area contributed by atoms with Crippen molar-refractivity contribution in [2.45, 2.75) is 328 Å². The van der Waals surface area contributed by atoms with E-state index in [0.717, 1.165) is 51.4 Å². The van der Waals surface area contributed by atoms with Gasteiger partial charge in [-0.1, -0.05) is 275 Å². The Kier molecular flexibility index (Phi) is 55.0. The zero-order valence-corrected chi connectivity index (χ0v) is 44.9. The topological polar surface area (TPSA) is 95.9 Å². The molecule has 394 valence electrons. The zero-order valence-electron chi connectivity index (χ0n) is 44.9. The number of allylic oxidation sites excluding steroid dienone is 5. The molecule has 0 fully saturated rings. The average molecular weight is 943 g/mol. The molecule has 0 aromatic heterocycles. The summed E-state index contributed by atoms with van der Waals surface area (Å²) in [6.07, 6.45) is 70.4. The van der Waals surface area contributed by atoms with Gasteiger partial charge in [0.25, 0.3) is 0 Å². The van der Waals surface area contributed by atoms with Crippen LogP contribution in [0.1, 0.15) is 316 Å². The predicted molar refractivity (Wildman–Crippen MR) is 292 cm³/mol. The van der Waals surface area contributed by atoms with Gasteiger partial charge in [0, 0.05) is 12.8 Å². The van der Waals surface area contributed by atoms with Gasteiger partial charge in [0.05, 0.1) is 25.4 Å². The molecular weight excluding hydrogens is 827 g/mol. The Morgan fingerprint density at radius 1 is 0.418 bits per heavy atom. The molecule has 2 atom stereocenters. The van der Waals surface area contributed by atoms with E-state index in [1.165, 1.54) is 238 Å². The highest BCUT2D eigenvalue weighted by molar-refractivity contribution is 5.76. The lowest BCUT2D eigenvalue weighted by Crippen LogP contribution is -2.45. The molecule has 0 aromatic rings. The van der Waals surface area contributed by atoms with Gasteiger partial charge in [-0.3, -0.25) is 9.59 Å². The van der Waals surface area contributed by atoms with Crippen LogP contribution < -0.4 is 5.32 Å². The lowest BCUT2D eigenvalue weighted by atomic mass is 10.0. The summed E-state index contributed by atoms with van der Waals surface area (Å²) < 4.78 is 5.49. The van der Waals surface area contributed by atoms with E-state index in [2.05, 4.69) is 43.5 Å². The van der Waals surface area contributed by atoms with E-state index in [0.29, 0.717) is 19.4 Å². The van der Waals surface area contributed by atoms with Gasteiger partial charge in [-0.25, -0.2) is 0 Å². The van der Waals surface area contributed by atoms with E-state index in [-0.39, 0.29) is 18.5 Å². The Balaban J connectivity index is 3.37. The minimum Gasteiger partial charge on any atom is -0.466 e. The van der Waals surface area contributed by atoms with Crippen molar-refractivity contribution in [3.63, 3.8) is 0 Å². The van der Waals surface area contributed by atoms with Crippen LogP contribution in [0.5, 0.6) is 0 Å². The fraction of sp³-hybridized carbons (Fsp3) is 0.869. The standard InChI is InChI=1S/C61H115NO5/c1-3-5-7-9-11-13-15-16-17-18-26-29-32-35-39-43-47-51-55-61(66)67-56-52-48-44-40-36-33-30-27-24-22-20-19-21-23-25-28-31-34-38-42-46-50-54-60(65)62-58(57-63)59(64)53-49-45-41-37-14-12-10-8-6-4-2/h13,15,17-18,49,53,58-59,63-64H,3-12,14,16,19-48,50-52,54-57H2,1-2H3,(H,62,65)/b15-13-,18-17-,53-49+. The number of ether oxygens (including phenoxy) is 1. The van der Waals surface area contributed by atoms with Crippen molar-refractivity contribution in [3.05, 3.63) is 36.5 Å². The molecule has 0 radical (unpaired) electrons. The molecule has 67 heavy (non-hydrogen) atoms. The number of unbranched alkanes of at least 4 members (excludes halogenated alkanes) is 40. The molecule has 0 aliphatic rings. The van der Waals surface area contributed by atoms with Crippen LogP contribution in [0.3, 0.4) is 0 Å². The van der Waals surface area contributed by atoms with Crippen LogP contribution >= 0.6 is 0 Å². The van der Waals surface area contributed by atoms with Gasteiger partial charge in [0.15, 0.2) is 0 Å². The summed E-state index contributed by atoms with van der Waals surface area (Å²) >= 11 is 0. The Bertz CT molecular complexity index is 1090. The number of amides is 1. The molecule has 2 unspecified atom stereocenters. The number of aliphatic hydroxyl groups is 2. The highest BCUT2D eigenvalue weighted by Gasteiger charge is 2.18. The van der Waals surface area contributed by atoms with Gasteiger partial charge >= 0.3 is 5.97 Å². The predicted octanol–water partition coefficient (Wildman–Crippen LogP) is 18.4. The minimum atomic E-state index is -0.843. The van der Waals surface area contributed by atoms with Crippen molar-refractivity contribution in [1.82, 2.24) is 5.32 Å². The van der Waals surface area contributed by atoms with E-state index in [4.69, 9.17) is 4.74 Å². The molecule has 0 saturated carbocycles. The molecule has 0 spiro atoms. The fourth-order valence-electron chi connectivity index (χ4n) is 9.08. The quantitative estimate of drug-likeness (QED) is 0.0321. The van der Waals surface area contributed by atoms with Crippen molar-refractivity contribution in [2.24, 2.45) is 0 Å². The third-order valence-corrected chi connectivity index (χ3v) is 13.7.